The second kappa shape index (κ2) is 6.66. The number of sulfonamides is 1. The van der Waals surface area contributed by atoms with E-state index in [1.54, 1.807) is 31.2 Å². The third-order valence-corrected chi connectivity index (χ3v) is 4.29. The fourth-order valence-electron chi connectivity index (χ4n) is 2.16. The van der Waals surface area contributed by atoms with Crippen LogP contribution in [0.3, 0.4) is 0 Å². The number of nitrogens with two attached hydrogens (primary N) is 1. The SMILES string of the molecule is CC(Nc1ccc(S(N)(=O)=O)cc1[N+](=O)[O-])c1cccc(C#N)c1. The fourth-order valence-corrected chi connectivity index (χ4v) is 2.69. The van der Waals surface area contributed by atoms with E-state index in [4.69, 9.17) is 10.4 Å². The topological polar surface area (TPSA) is 139 Å². The van der Waals surface area contributed by atoms with Crippen molar-refractivity contribution < 1.29 is 13.3 Å². The first-order valence-corrected chi connectivity index (χ1v) is 8.35. The molecule has 0 saturated carbocycles. The molecular weight excluding hydrogens is 332 g/mol. The molecule has 3 N–H and O–H groups in total. The van der Waals surface area contributed by atoms with Gasteiger partial charge in [-0.15, -0.1) is 0 Å². The zero-order chi connectivity index (χ0) is 17.9. The zero-order valence-electron chi connectivity index (χ0n) is 12.6. The summed E-state index contributed by atoms with van der Waals surface area (Å²) in [6.45, 7) is 1.77. The van der Waals surface area contributed by atoms with Gasteiger partial charge in [-0.25, -0.2) is 13.6 Å². The summed E-state index contributed by atoms with van der Waals surface area (Å²) in [6.07, 6.45) is 0. The summed E-state index contributed by atoms with van der Waals surface area (Å²) < 4.78 is 22.7. The number of benzene rings is 2. The summed E-state index contributed by atoms with van der Waals surface area (Å²) in [6, 6.07) is 11.9. The van der Waals surface area contributed by atoms with Crippen molar-refractivity contribution in [2.75, 3.05) is 5.32 Å². The van der Waals surface area contributed by atoms with Gasteiger partial charge >= 0.3 is 0 Å². The minimum absolute atomic E-state index is 0.155. The van der Waals surface area contributed by atoms with E-state index in [1.807, 2.05) is 6.07 Å². The van der Waals surface area contributed by atoms with Crippen LogP contribution >= 0.6 is 0 Å². The van der Waals surface area contributed by atoms with E-state index in [0.717, 1.165) is 11.6 Å². The molecule has 0 radical (unpaired) electrons. The lowest BCUT2D eigenvalue weighted by Crippen LogP contribution is -2.13. The van der Waals surface area contributed by atoms with Crippen LogP contribution in [0.4, 0.5) is 11.4 Å². The first-order valence-electron chi connectivity index (χ1n) is 6.80. The number of nitro benzene ring substituents is 1. The lowest BCUT2D eigenvalue weighted by atomic mass is 10.1. The molecule has 24 heavy (non-hydrogen) atoms. The number of hydrogen-bond donors (Lipinski definition) is 2. The molecule has 0 saturated heterocycles. The van der Waals surface area contributed by atoms with Crippen LogP contribution in [0.1, 0.15) is 24.1 Å². The van der Waals surface area contributed by atoms with E-state index in [9.17, 15) is 18.5 Å². The van der Waals surface area contributed by atoms with Crippen molar-refractivity contribution in [2.45, 2.75) is 17.9 Å². The summed E-state index contributed by atoms with van der Waals surface area (Å²) in [5.74, 6) is 0. The molecule has 0 aliphatic rings. The van der Waals surface area contributed by atoms with Gasteiger partial charge in [0.05, 0.1) is 21.5 Å². The average molecular weight is 346 g/mol. The molecule has 0 aliphatic carbocycles. The predicted octanol–water partition coefficient (Wildman–Crippen LogP) is 2.29. The minimum atomic E-state index is -4.03. The van der Waals surface area contributed by atoms with Crippen molar-refractivity contribution in [3.05, 3.63) is 63.7 Å². The number of primary sulfonamides is 1. The summed E-state index contributed by atoms with van der Waals surface area (Å²) in [7, 11) is -4.03. The Balaban J connectivity index is 2.38. The van der Waals surface area contributed by atoms with Gasteiger partial charge in [-0.1, -0.05) is 12.1 Å². The molecule has 0 aliphatic heterocycles. The molecule has 8 nitrogen and oxygen atoms in total. The first-order chi connectivity index (χ1) is 11.2. The number of nitriles is 1. The zero-order valence-corrected chi connectivity index (χ0v) is 13.4. The Bertz CT molecular complexity index is 935. The van der Waals surface area contributed by atoms with Crippen LogP contribution in [0.15, 0.2) is 47.4 Å². The summed E-state index contributed by atoms with van der Waals surface area (Å²) in [4.78, 5) is 10.2. The number of rotatable bonds is 5. The quantitative estimate of drug-likeness (QED) is 0.629. The molecule has 0 heterocycles. The van der Waals surface area contributed by atoms with Crippen molar-refractivity contribution in [1.82, 2.24) is 0 Å². The van der Waals surface area contributed by atoms with Gasteiger partial charge in [0.1, 0.15) is 5.69 Å². The molecule has 2 aromatic carbocycles. The predicted molar refractivity (Wildman–Crippen MR) is 87.7 cm³/mol. The molecule has 124 valence electrons. The molecule has 0 fully saturated rings. The van der Waals surface area contributed by atoms with Gasteiger partial charge in [-0.3, -0.25) is 10.1 Å². The summed E-state index contributed by atoms with van der Waals surface area (Å²) in [5.41, 5.74) is 0.992. The minimum Gasteiger partial charge on any atom is -0.373 e. The van der Waals surface area contributed by atoms with Gasteiger partial charge in [-0.2, -0.15) is 5.26 Å². The molecular formula is C15H14N4O4S. The maximum absolute atomic E-state index is 11.3. The summed E-state index contributed by atoms with van der Waals surface area (Å²) in [5, 5.41) is 28.1. The fraction of sp³-hybridized carbons (Fsp3) is 0.133. The van der Waals surface area contributed by atoms with Crippen LogP contribution in [0.25, 0.3) is 0 Å². The highest BCUT2D eigenvalue weighted by Crippen LogP contribution is 2.30. The number of nitrogens with zero attached hydrogens (tertiary/aromatic N) is 2. The Morgan fingerprint density at radius 3 is 2.58 bits per heavy atom. The van der Waals surface area contributed by atoms with E-state index >= 15 is 0 Å². The van der Waals surface area contributed by atoms with Gasteiger partial charge in [0.2, 0.25) is 10.0 Å². The van der Waals surface area contributed by atoms with E-state index in [1.165, 1.54) is 12.1 Å². The molecule has 1 unspecified atom stereocenters. The lowest BCUT2D eigenvalue weighted by molar-refractivity contribution is -0.384. The smallest absolute Gasteiger partial charge is 0.293 e. The van der Waals surface area contributed by atoms with E-state index in [-0.39, 0.29) is 16.6 Å². The number of hydrogen-bond acceptors (Lipinski definition) is 6. The van der Waals surface area contributed by atoms with E-state index in [2.05, 4.69) is 5.32 Å². The van der Waals surface area contributed by atoms with Gasteiger partial charge in [0, 0.05) is 12.1 Å². The van der Waals surface area contributed by atoms with Crippen LogP contribution in [0.5, 0.6) is 0 Å². The Morgan fingerprint density at radius 1 is 1.29 bits per heavy atom. The Labute approximate surface area is 138 Å². The molecule has 2 rings (SSSR count). The molecule has 9 heteroatoms. The van der Waals surface area contributed by atoms with Gasteiger partial charge in [0.15, 0.2) is 0 Å². The highest BCUT2D eigenvalue weighted by Gasteiger charge is 2.20. The molecule has 0 amide bonds. The van der Waals surface area contributed by atoms with Gasteiger partial charge in [-0.05, 0) is 36.8 Å². The highest BCUT2D eigenvalue weighted by molar-refractivity contribution is 7.89. The Kier molecular flexibility index (Phi) is 4.82. The van der Waals surface area contributed by atoms with Crippen LogP contribution < -0.4 is 10.5 Å². The second-order valence-electron chi connectivity index (χ2n) is 5.08. The van der Waals surface area contributed by atoms with Crippen molar-refractivity contribution in [2.24, 2.45) is 5.14 Å². The summed E-state index contributed by atoms with van der Waals surface area (Å²) >= 11 is 0. The van der Waals surface area contributed by atoms with Crippen molar-refractivity contribution in [3.8, 4) is 6.07 Å². The molecule has 0 spiro atoms. The van der Waals surface area contributed by atoms with E-state index < -0.39 is 20.6 Å². The molecule has 0 aromatic heterocycles. The number of anilines is 1. The third kappa shape index (κ3) is 3.87. The van der Waals surface area contributed by atoms with Gasteiger partial charge in [0.25, 0.3) is 5.69 Å². The van der Waals surface area contributed by atoms with Crippen molar-refractivity contribution in [1.29, 1.82) is 5.26 Å². The largest absolute Gasteiger partial charge is 0.373 e. The van der Waals surface area contributed by atoms with Crippen molar-refractivity contribution in [3.63, 3.8) is 0 Å². The van der Waals surface area contributed by atoms with E-state index in [0.29, 0.717) is 5.56 Å². The maximum Gasteiger partial charge on any atom is 0.293 e. The molecule has 2 aromatic rings. The average Bonchev–Trinajstić information content (AvgIpc) is 2.54. The highest BCUT2D eigenvalue weighted by atomic mass is 32.2. The lowest BCUT2D eigenvalue weighted by Gasteiger charge is -2.16. The van der Waals surface area contributed by atoms with Crippen molar-refractivity contribution >= 4 is 21.4 Å². The first kappa shape index (κ1) is 17.4. The number of nitrogens with one attached hydrogen (secondary N) is 1. The van der Waals surface area contributed by atoms with Crippen LogP contribution in [-0.2, 0) is 10.0 Å². The Morgan fingerprint density at radius 2 is 2.00 bits per heavy atom. The number of nitro groups is 1. The van der Waals surface area contributed by atoms with Crippen LogP contribution in [0.2, 0.25) is 0 Å². The van der Waals surface area contributed by atoms with Crippen LogP contribution in [0, 0.1) is 21.4 Å². The molecule has 1 atom stereocenters. The Hall–Kier alpha value is -2.96. The monoisotopic (exact) mass is 346 g/mol. The maximum atomic E-state index is 11.3. The van der Waals surface area contributed by atoms with Crippen LogP contribution in [-0.4, -0.2) is 13.3 Å². The standard InChI is InChI=1S/C15H14N4O4S/c1-10(12-4-2-3-11(7-12)9-16)18-14-6-5-13(24(17,22)23)8-15(14)19(20)21/h2-8,10,18H,1H3,(H2,17,22,23). The molecule has 0 bridgehead atoms. The normalized spacial score (nSPS) is 12.2. The second-order valence-corrected chi connectivity index (χ2v) is 6.65. The van der Waals surface area contributed by atoms with Gasteiger partial charge < -0.3 is 5.32 Å². The third-order valence-electron chi connectivity index (χ3n) is 3.38.